The van der Waals surface area contributed by atoms with Gasteiger partial charge in [-0.3, -0.25) is 4.90 Å². The summed E-state index contributed by atoms with van der Waals surface area (Å²) in [5, 5.41) is 0. The van der Waals surface area contributed by atoms with Crippen molar-refractivity contribution in [1.82, 2.24) is 9.97 Å². The second-order valence-corrected chi connectivity index (χ2v) is 7.82. The smallest absolute Gasteiger partial charge is 0.421 e. The Balaban J connectivity index is 1.73. The van der Waals surface area contributed by atoms with E-state index in [4.69, 9.17) is 4.74 Å². The maximum Gasteiger partial charge on any atom is 0.421 e. The van der Waals surface area contributed by atoms with Gasteiger partial charge in [-0.05, 0) is 43.3 Å². The first-order chi connectivity index (χ1) is 15.0. The third kappa shape index (κ3) is 6.19. The van der Waals surface area contributed by atoms with Crippen molar-refractivity contribution >= 4 is 46.2 Å². The summed E-state index contributed by atoms with van der Waals surface area (Å²) in [6.07, 6.45) is -12.8. The Hall–Kier alpha value is -2.67. The molecule has 0 saturated heterocycles. The molecular weight excluding hydrogens is 477 g/mol. The number of amides is 1. The number of anilines is 1. The highest BCUT2D eigenvalue weighted by Crippen LogP contribution is 2.34. The first-order valence-corrected chi connectivity index (χ1v) is 10.5. The molecule has 13 heteroatoms. The Kier molecular flexibility index (Phi) is 7.08. The molecule has 0 saturated carbocycles. The molecular formula is C19H16F5N3O3S2. The molecule has 0 N–H and O–H groups in total. The van der Waals surface area contributed by atoms with E-state index in [1.807, 2.05) is 0 Å². The minimum atomic E-state index is -5.09. The molecule has 1 unspecified atom stereocenters. The molecule has 6 nitrogen and oxygen atoms in total. The van der Waals surface area contributed by atoms with Crippen LogP contribution in [0.2, 0.25) is 0 Å². The van der Waals surface area contributed by atoms with Gasteiger partial charge in [0, 0.05) is 11.8 Å². The van der Waals surface area contributed by atoms with E-state index in [9.17, 15) is 26.7 Å². The number of aromatic nitrogens is 2. The van der Waals surface area contributed by atoms with Crippen molar-refractivity contribution in [3.63, 3.8) is 0 Å². The summed E-state index contributed by atoms with van der Waals surface area (Å²) in [5.74, 6) is 0.0483. The molecule has 0 fully saturated rings. The molecule has 0 aliphatic heterocycles. The molecule has 0 aliphatic carbocycles. The average Bonchev–Trinajstić information content (AvgIpc) is 3.15. The third-order valence-electron chi connectivity index (χ3n) is 4.03. The second-order valence-electron chi connectivity index (χ2n) is 6.62. The van der Waals surface area contributed by atoms with E-state index in [1.165, 1.54) is 16.2 Å². The van der Waals surface area contributed by atoms with Crippen molar-refractivity contribution < 1.29 is 36.2 Å². The Morgan fingerprint density at radius 3 is 2.41 bits per heavy atom. The highest BCUT2D eigenvalue weighted by molar-refractivity contribution is 7.80. The molecule has 2 heterocycles. The number of thiol groups is 1. The summed E-state index contributed by atoms with van der Waals surface area (Å²) in [6.45, 7) is 1.73. The van der Waals surface area contributed by atoms with Crippen LogP contribution in [0.1, 0.15) is 13.3 Å². The first kappa shape index (κ1) is 24.0. The summed E-state index contributed by atoms with van der Waals surface area (Å²) in [5.41, 5.74) is 2.29. The van der Waals surface area contributed by atoms with Crippen LogP contribution in [0, 0.1) is 0 Å². The molecule has 0 spiro atoms. The number of carbonyl (C=O) groups is 1. The normalized spacial score (nSPS) is 13.1. The van der Waals surface area contributed by atoms with Crippen molar-refractivity contribution in [3.05, 3.63) is 41.9 Å². The third-order valence-corrected chi connectivity index (χ3v) is 5.30. The van der Waals surface area contributed by atoms with Crippen LogP contribution in [-0.2, 0) is 0 Å². The van der Waals surface area contributed by atoms with E-state index >= 15 is 0 Å². The largest absolute Gasteiger partial charge is 0.432 e. The van der Waals surface area contributed by atoms with Gasteiger partial charge >= 0.3 is 18.4 Å². The fourth-order valence-electron chi connectivity index (χ4n) is 2.62. The summed E-state index contributed by atoms with van der Waals surface area (Å²) in [7, 11) is 0. The number of hydrogen-bond donors (Lipinski definition) is 1. The summed E-state index contributed by atoms with van der Waals surface area (Å²) in [6, 6.07) is 7.09. The van der Waals surface area contributed by atoms with E-state index < -0.39 is 36.6 Å². The molecule has 0 bridgehead atoms. The van der Waals surface area contributed by atoms with Gasteiger partial charge < -0.3 is 9.47 Å². The number of ether oxygens (including phenoxy) is 2. The second kappa shape index (κ2) is 9.45. The van der Waals surface area contributed by atoms with Gasteiger partial charge in [0.2, 0.25) is 0 Å². The number of alkyl halides is 5. The van der Waals surface area contributed by atoms with Crippen molar-refractivity contribution in [3.8, 4) is 11.5 Å². The lowest BCUT2D eigenvalue weighted by Gasteiger charge is -2.26. The predicted octanol–water partition coefficient (Wildman–Crippen LogP) is 5.94. The van der Waals surface area contributed by atoms with Crippen LogP contribution in [0.3, 0.4) is 0 Å². The van der Waals surface area contributed by atoms with Crippen molar-refractivity contribution in [1.29, 1.82) is 0 Å². The Labute approximate surface area is 188 Å². The number of nitrogens with zero attached hydrogens (tertiary/aromatic N) is 3. The zero-order valence-corrected chi connectivity index (χ0v) is 18.1. The molecule has 1 aromatic carbocycles. The number of fused-ring (bicyclic) bond motifs is 1. The van der Waals surface area contributed by atoms with Crippen LogP contribution in [0.15, 0.2) is 41.9 Å². The zero-order chi connectivity index (χ0) is 23.5. The molecule has 1 atom stereocenters. The van der Waals surface area contributed by atoms with Gasteiger partial charge in [0.15, 0.2) is 0 Å². The number of benzene rings is 1. The maximum absolute atomic E-state index is 13.4. The van der Waals surface area contributed by atoms with Crippen LogP contribution in [0.25, 0.3) is 10.3 Å². The molecule has 0 radical (unpaired) electrons. The molecule has 1 amide bonds. The molecule has 2 aromatic heterocycles. The lowest BCUT2D eigenvalue weighted by molar-refractivity contribution is -0.255. The number of hydrogen-bond acceptors (Lipinski definition) is 7. The van der Waals surface area contributed by atoms with Gasteiger partial charge in [-0.2, -0.15) is 34.6 Å². The minimum absolute atomic E-state index is 0.0308. The zero-order valence-electron chi connectivity index (χ0n) is 16.3. The lowest BCUT2D eigenvalue weighted by Crippen LogP contribution is -2.42. The molecule has 172 valence electrons. The fourth-order valence-corrected chi connectivity index (χ4v) is 3.44. The van der Waals surface area contributed by atoms with Gasteiger partial charge in [0.25, 0.3) is 0 Å². The van der Waals surface area contributed by atoms with Crippen LogP contribution >= 0.6 is 24.0 Å². The van der Waals surface area contributed by atoms with E-state index in [1.54, 1.807) is 24.6 Å². The van der Waals surface area contributed by atoms with Crippen LogP contribution < -0.4 is 14.4 Å². The first-order valence-electron chi connectivity index (χ1n) is 9.03. The maximum atomic E-state index is 13.4. The van der Waals surface area contributed by atoms with Gasteiger partial charge in [-0.15, -0.1) is 11.3 Å². The van der Waals surface area contributed by atoms with Crippen molar-refractivity contribution in [2.24, 2.45) is 0 Å². The number of rotatable bonds is 7. The minimum Gasteiger partial charge on any atom is -0.432 e. The summed E-state index contributed by atoms with van der Waals surface area (Å²) >= 11 is 5.51. The van der Waals surface area contributed by atoms with Gasteiger partial charge in [-0.25, -0.2) is 14.8 Å². The van der Waals surface area contributed by atoms with Gasteiger partial charge in [0.05, 0.1) is 5.51 Å². The number of pyridine rings is 1. The molecule has 3 rings (SSSR count). The SMILES string of the molecule is CC(CS)N(C(=O)Oc1ccc(OC(F)(F)CC(F)(F)F)cc1)c1ccc2ncsc2n1. The van der Waals surface area contributed by atoms with Crippen molar-refractivity contribution in [2.75, 3.05) is 10.7 Å². The fraction of sp³-hybridized carbons (Fsp3) is 0.316. The Bertz CT molecular complexity index is 1080. The standard InChI is InChI=1S/C19H16F5N3O3S2/c1-11(8-31)27(15-7-6-14-16(26-15)32-10-25-14)17(28)29-12-2-4-13(5-3-12)30-19(23,24)9-18(20,21)22/h2-7,10-11,31H,8-9H2,1H3. The van der Waals surface area contributed by atoms with E-state index in [0.29, 0.717) is 21.9 Å². The van der Waals surface area contributed by atoms with E-state index in [0.717, 1.165) is 24.3 Å². The molecule has 3 aromatic rings. The number of halogens is 5. The van der Waals surface area contributed by atoms with Crippen LogP contribution in [0.5, 0.6) is 11.5 Å². The number of thiazole rings is 1. The lowest BCUT2D eigenvalue weighted by atomic mass is 10.3. The van der Waals surface area contributed by atoms with Gasteiger partial charge in [0.1, 0.15) is 34.1 Å². The van der Waals surface area contributed by atoms with Crippen LogP contribution in [0.4, 0.5) is 32.6 Å². The van der Waals surface area contributed by atoms with Gasteiger partial charge in [-0.1, -0.05) is 0 Å². The molecule has 0 aliphatic rings. The molecule has 32 heavy (non-hydrogen) atoms. The number of carbonyl (C=O) groups excluding carboxylic acids is 1. The Morgan fingerprint density at radius 1 is 1.12 bits per heavy atom. The Morgan fingerprint density at radius 2 is 1.78 bits per heavy atom. The van der Waals surface area contributed by atoms with E-state index in [-0.39, 0.29) is 5.75 Å². The van der Waals surface area contributed by atoms with Crippen LogP contribution in [-0.4, -0.2) is 40.1 Å². The quantitative estimate of drug-likeness (QED) is 0.326. The average molecular weight is 493 g/mol. The monoisotopic (exact) mass is 493 g/mol. The topological polar surface area (TPSA) is 64.6 Å². The predicted molar refractivity (Wildman–Crippen MR) is 112 cm³/mol. The van der Waals surface area contributed by atoms with Crippen molar-refractivity contribution in [2.45, 2.75) is 31.7 Å². The van der Waals surface area contributed by atoms with E-state index in [2.05, 4.69) is 27.3 Å². The summed E-state index contributed by atoms with van der Waals surface area (Å²) in [4.78, 5) is 23.2. The highest BCUT2D eigenvalue weighted by atomic mass is 32.1. The summed E-state index contributed by atoms with van der Waals surface area (Å²) < 4.78 is 72.8. The highest BCUT2D eigenvalue weighted by Gasteiger charge is 2.45.